The summed E-state index contributed by atoms with van der Waals surface area (Å²) in [6, 6.07) is 12.8. The Labute approximate surface area is 137 Å². The molecule has 108 valence electrons. The number of hydrogen-bond acceptors (Lipinski definition) is 3. The number of hydrogen-bond donors (Lipinski definition) is 1. The zero-order valence-electron chi connectivity index (χ0n) is 11.4. The van der Waals surface area contributed by atoms with Crippen LogP contribution in [0.25, 0.3) is 0 Å². The highest BCUT2D eigenvalue weighted by atomic mass is 79.9. The van der Waals surface area contributed by atoms with Crippen LogP contribution < -0.4 is 10.5 Å². The van der Waals surface area contributed by atoms with Gasteiger partial charge in [-0.25, -0.2) is 0 Å². The SMILES string of the molecule is CC(N)c1ccc(Br)cc1OCc1ccc(C#N)cc1Cl. The van der Waals surface area contributed by atoms with E-state index in [0.29, 0.717) is 17.2 Å². The van der Waals surface area contributed by atoms with Crippen molar-refractivity contribution in [3.8, 4) is 11.8 Å². The molecule has 0 saturated heterocycles. The van der Waals surface area contributed by atoms with E-state index in [2.05, 4.69) is 22.0 Å². The van der Waals surface area contributed by atoms with Crippen LogP contribution in [0.2, 0.25) is 5.02 Å². The van der Waals surface area contributed by atoms with E-state index in [1.807, 2.05) is 25.1 Å². The summed E-state index contributed by atoms with van der Waals surface area (Å²) in [5, 5.41) is 9.35. The first-order chi connectivity index (χ1) is 10.0. The number of nitrogens with two attached hydrogens (primary N) is 1. The highest BCUT2D eigenvalue weighted by Crippen LogP contribution is 2.29. The average Bonchev–Trinajstić information content (AvgIpc) is 2.45. The third kappa shape index (κ3) is 3.98. The van der Waals surface area contributed by atoms with Crippen molar-refractivity contribution < 1.29 is 4.74 Å². The molecule has 2 aromatic rings. The van der Waals surface area contributed by atoms with E-state index in [1.165, 1.54) is 0 Å². The number of benzene rings is 2. The van der Waals surface area contributed by atoms with Gasteiger partial charge in [0.2, 0.25) is 0 Å². The fourth-order valence-electron chi connectivity index (χ4n) is 1.90. The lowest BCUT2D eigenvalue weighted by Gasteiger charge is -2.15. The molecular weight excluding hydrogens is 352 g/mol. The van der Waals surface area contributed by atoms with Crippen molar-refractivity contribution >= 4 is 27.5 Å². The largest absolute Gasteiger partial charge is 0.488 e. The van der Waals surface area contributed by atoms with Crippen LogP contribution in [0.1, 0.15) is 29.7 Å². The molecule has 0 aliphatic heterocycles. The van der Waals surface area contributed by atoms with E-state index in [9.17, 15) is 0 Å². The molecule has 0 radical (unpaired) electrons. The van der Waals surface area contributed by atoms with Gasteiger partial charge in [-0.05, 0) is 31.2 Å². The Morgan fingerprint density at radius 3 is 2.71 bits per heavy atom. The van der Waals surface area contributed by atoms with Crippen molar-refractivity contribution in [2.75, 3.05) is 0 Å². The van der Waals surface area contributed by atoms with Crippen molar-refractivity contribution in [1.82, 2.24) is 0 Å². The molecule has 2 aromatic carbocycles. The van der Waals surface area contributed by atoms with Crippen molar-refractivity contribution in [3.05, 3.63) is 62.6 Å². The summed E-state index contributed by atoms with van der Waals surface area (Å²) in [4.78, 5) is 0. The van der Waals surface area contributed by atoms with Crippen LogP contribution in [0.15, 0.2) is 40.9 Å². The van der Waals surface area contributed by atoms with E-state index in [1.54, 1.807) is 18.2 Å². The van der Waals surface area contributed by atoms with Crippen LogP contribution in [0.5, 0.6) is 5.75 Å². The molecule has 3 nitrogen and oxygen atoms in total. The molecule has 0 spiro atoms. The second-order valence-electron chi connectivity index (χ2n) is 4.68. The van der Waals surface area contributed by atoms with Crippen LogP contribution in [0.3, 0.4) is 0 Å². The van der Waals surface area contributed by atoms with Crippen LogP contribution >= 0.6 is 27.5 Å². The van der Waals surface area contributed by atoms with Gasteiger partial charge < -0.3 is 10.5 Å². The Balaban J connectivity index is 2.20. The quantitative estimate of drug-likeness (QED) is 0.863. The maximum absolute atomic E-state index is 8.83. The summed E-state index contributed by atoms with van der Waals surface area (Å²) in [6.07, 6.45) is 0. The molecule has 0 saturated carbocycles. The highest BCUT2D eigenvalue weighted by molar-refractivity contribution is 9.10. The second kappa shape index (κ2) is 6.95. The second-order valence-corrected chi connectivity index (χ2v) is 6.00. The van der Waals surface area contributed by atoms with Crippen molar-refractivity contribution in [2.24, 2.45) is 5.73 Å². The standard InChI is InChI=1S/C16H14BrClN2O/c1-10(20)14-5-4-13(17)7-16(14)21-9-12-3-2-11(8-19)6-15(12)18/h2-7,10H,9,20H2,1H3. The molecule has 2 rings (SSSR count). The van der Waals surface area contributed by atoms with E-state index >= 15 is 0 Å². The van der Waals surface area contributed by atoms with Crippen LogP contribution in [-0.2, 0) is 6.61 Å². The lowest BCUT2D eigenvalue weighted by atomic mass is 10.1. The molecule has 0 aliphatic carbocycles. The molecule has 0 aliphatic rings. The summed E-state index contributed by atoms with van der Waals surface area (Å²) in [5.41, 5.74) is 8.23. The third-order valence-electron chi connectivity index (χ3n) is 3.03. The minimum atomic E-state index is -0.121. The molecule has 0 amide bonds. The fourth-order valence-corrected chi connectivity index (χ4v) is 2.47. The molecule has 21 heavy (non-hydrogen) atoms. The van der Waals surface area contributed by atoms with Gasteiger partial charge in [0.15, 0.2) is 0 Å². The van der Waals surface area contributed by atoms with Crippen molar-refractivity contribution in [2.45, 2.75) is 19.6 Å². The molecular formula is C16H14BrClN2O. The molecule has 0 bridgehead atoms. The van der Waals surface area contributed by atoms with E-state index in [-0.39, 0.29) is 6.04 Å². The Morgan fingerprint density at radius 1 is 1.33 bits per heavy atom. The van der Waals surface area contributed by atoms with E-state index in [0.717, 1.165) is 21.3 Å². The van der Waals surface area contributed by atoms with Crippen LogP contribution in [0.4, 0.5) is 0 Å². The van der Waals surface area contributed by atoms with Gasteiger partial charge >= 0.3 is 0 Å². The van der Waals surface area contributed by atoms with Crippen LogP contribution in [0, 0.1) is 11.3 Å². The molecule has 2 N–H and O–H groups in total. The normalized spacial score (nSPS) is 11.8. The summed E-state index contributed by atoms with van der Waals surface area (Å²) < 4.78 is 6.77. The Bertz CT molecular complexity index is 695. The number of nitrogens with zero attached hydrogens (tertiary/aromatic N) is 1. The Hall–Kier alpha value is -1.54. The van der Waals surface area contributed by atoms with Crippen molar-refractivity contribution in [1.29, 1.82) is 5.26 Å². The monoisotopic (exact) mass is 364 g/mol. The third-order valence-corrected chi connectivity index (χ3v) is 3.88. The van der Waals surface area contributed by atoms with E-state index < -0.39 is 0 Å². The molecule has 1 atom stereocenters. The fraction of sp³-hybridized carbons (Fsp3) is 0.188. The number of halogens is 2. The van der Waals surface area contributed by atoms with Gasteiger partial charge in [-0.3, -0.25) is 0 Å². The number of ether oxygens (including phenoxy) is 1. The highest BCUT2D eigenvalue weighted by Gasteiger charge is 2.10. The first-order valence-corrected chi connectivity index (χ1v) is 7.54. The first kappa shape index (κ1) is 15.8. The molecule has 0 heterocycles. The molecule has 0 aromatic heterocycles. The summed E-state index contributed by atoms with van der Waals surface area (Å²) in [6.45, 7) is 2.23. The topological polar surface area (TPSA) is 59.0 Å². The van der Waals surface area contributed by atoms with Gasteiger partial charge in [0, 0.05) is 26.7 Å². The van der Waals surface area contributed by atoms with E-state index in [4.69, 9.17) is 27.3 Å². The summed E-state index contributed by atoms with van der Waals surface area (Å²) in [7, 11) is 0. The van der Waals surface area contributed by atoms with Gasteiger partial charge in [-0.15, -0.1) is 0 Å². The number of nitriles is 1. The lowest BCUT2D eigenvalue weighted by Crippen LogP contribution is -2.08. The van der Waals surface area contributed by atoms with Crippen molar-refractivity contribution in [3.63, 3.8) is 0 Å². The van der Waals surface area contributed by atoms with Crippen LogP contribution in [-0.4, -0.2) is 0 Å². The minimum Gasteiger partial charge on any atom is -0.488 e. The predicted octanol–water partition coefficient (Wildman–Crippen LogP) is 4.57. The van der Waals surface area contributed by atoms with Gasteiger partial charge in [0.1, 0.15) is 12.4 Å². The maximum atomic E-state index is 8.83. The molecule has 1 unspecified atom stereocenters. The van der Waals surface area contributed by atoms with Gasteiger partial charge in [0.25, 0.3) is 0 Å². The zero-order valence-corrected chi connectivity index (χ0v) is 13.8. The van der Waals surface area contributed by atoms with Gasteiger partial charge in [0.05, 0.1) is 11.6 Å². The smallest absolute Gasteiger partial charge is 0.125 e. The average molecular weight is 366 g/mol. The zero-order chi connectivity index (χ0) is 15.4. The minimum absolute atomic E-state index is 0.121. The Morgan fingerprint density at radius 2 is 2.10 bits per heavy atom. The summed E-state index contributed by atoms with van der Waals surface area (Å²) >= 11 is 9.57. The Kier molecular flexibility index (Phi) is 5.24. The molecule has 5 heteroatoms. The predicted molar refractivity (Wildman–Crippen MR) is 87.2 cm³/mol. The van der Waals surface area contributed by atoms with Gasteiger partial charge in [-0.1, -0.05) is 39.7 Å². The summed E-state index contributed by atoms with van der Waals surface area (Å²) in [5.74, 6) is 0.722. The first-order valence-electron chi connectivity index (χ1n) is 6.37. The number of rotatable bonds is 4. The maximum Gasteiger partial charge on any atom is 0.125 e. The van der Waals surface area contributed by atoms with Gasteiger partial charge in [-0.2, -0.15) is 5.26 Å². The molecule has 0 fully saturated rings. The lowest BCUT2D eigenvalue weighted by molar-refractivity contribution is 0.301.